The van der Waals surface area contributed by atoms with Crippen molar-refractivity contribution in [1.82, 2.24) is 0 Å². The van der Waals surface area contributed by atoms with E-state index in [4.69, 9.17) is 33.4 Å². The van der Waals surface area contributed by atoms with E-state index in [1.54, 1.807) is 0 Å². The molecule has 1 atom stereocenters. The summed E-state index contributed by atoms with van der Waals surface area (Å²) in [5, 5.41) is 25.8. The second-order valence-electron chi connectivity index (χ2n) is 3.30. The van der Waals surface area contributed by atoms with Gasteiger partial charge in [-0.15, -0.1) is 0 Å². The molecular weight excluding hydrogens is 300 g/mol. The molecule has 0 saturated carbocycles. The number of hydrogen-bond acceptors (Lipinski definition) is 3. The monoisotopic (exact) mass is 304 g/mol. The molecule has 0 heterocycles. The van der Waals surface area contributed by atoms with Gasteiger partial charge in [-0.05, 0) is 12.1 Å². The molecule has 0 saturated heterocycles. The van der Waals surface area contributed by atoms with Crippen LogP contribution in [0.2, 0.25) is 10.0 Å². The van der Waals surface area contributed by atoms with Gasteiger partial charge in [-0.3, -0.25) is 0 Å². The summed E-state index contributed by atoms with van der Waals surface area (Å²) in [5.41, 5.74) is -5.26. The standard InChI is InChI=1S/C9H5Cl2F3O4/c10-4-1-3(2-5(11)6(4)15)8(18,7(16)17)9(12,13)14/h1-2,15,18H,(H,16,17). The molecule has 0 aliphatic heterocycles. The molecule has 0 spiro atoms. The fraction of sp³-hybridized carbons (Fsp3) is 0.222. The van der Waals surface area contributed by atoms with Gasteiger partial charge in [0.05, 0.1) is 10.0 Å². The van der Waals surface area contributed by atoms with Crippen molar-refractivity contribution in [2.24, 2.45) is 0 Å². The Morgan fingerprint density at radius 1 is 1.17 bits per heavy atom. The summed E-state index contributed by atoms with van der Waals surface area (Å²) < 4.78 is 37.9. The van der Waals surface area contributed by atoms with Crippen LogP contribution in [-0.4, -0.2) is 27.5 Å². The molecule has 0 aliphatic rings. The van der Waals surface area contributed by atoms with Gasteiger partial charge in [0.1, 0.15) is 0 Å². The average molecular weight is 305 g/mol. The Balaban J connectivity index is 3.56. The van der Waals surface area contributed by atoms with E-state index in [1.807, 2.05) is 0 Å². The van der Waals surface area contributed by atoms with Crippen molar-refractivity contribution in [2.45, 2.75) is 11.8 Å². The van der Waals surface area contributed by atoms with Crippen molar-refractivity contribution in [3.63, 3.8) is 0 Å². The highest BCUT2D eigenvalue weighted by Gasteiger charge is 2.61. The number of aliphatic hydroxyl groups is 1. The fourth-order valence-corrected chi connectivity index (χ4v) is 1.67. The van der Waals surface area contributed by atoms with E-state index in [2.05, 4.69) is 0 Å². The van der Waals surface area contributed by atoms with Crippen LogP contribution in [0.15, 0.2) is 12.1 Å². The Morgan fingerprint density at radius 2 is 1.56 bits per heavy atom. The number of rotatable bonds is 2. The van der Waals surface area contributed by atoms with E-state index in [1.165, 1.54) is 0 Å². The first kappa shape index (κ1) is 14.9. The number of benzene rings is 1. The molecule has 0 amide bonds. The second kappa shape index (κ2) is 4.49. The number of alkyl halides is 3. The van der Waals surface area contributed by atoms with Crippen LogP contribution < -0.4 is 0 Å². The Labute approximate surface area is 108 Å². The number of phenols is 1. The third kappa shape index (κ3) is 2.21. The average Bonchev–Trinajstić information content (AvgIpc) is 2.21. The normalized spacial score (nSPS) is 15.2. The minimum Gasteiger partial charge on any atom is -0.505 e. The molecule has 100 valence electrons. The summed E-state index contributed by atoms with van der Waals surface area (Å²) in [6.45, 7) is 0. The Bertz CT molecular complexity index is 480. The number of hydrogen-bond donors (Lipinski definition) is 3. The minimum atomic E-state index is -5.48. The molecule has 0 aliphatic carbocycles. The van der Waals surface area contributed by atoms with E-state index in [-0.39, 0.29) is 0 Å². The maximum atomic E-state index is 12.6. The lowest BCUT2D eigenvalue weighted by molar-refractivity contribution is -0.265. The molecular formula is C9H5Cl2F3O4. The van der Waals surface area contributed by atoms with Crippen LogP contribution in [0, 0.1) is 0 Å². The van der Waals surface area contributed by atoms with E-state index in [9.17, 15) is 23.1 Å². The molecule has 1 rings (SSSR count). The summed E-state index contributed by atoms with van der Waals surface area (Å²) in [6.07, 6.45) is -5.48. The first-order valence-corrected chi connectivity index (χ1v) is 4.98. The van der Waals surface area contributed by atoms with Crippen LogP contribution in [0.1, 0.15) is 5.56 Å². The summed E-state index contributed by atoms with van der Waals surface area (Å²) in [7, 11) is 0. The molecule has 0 aromatic heterocycles. The maximum Gasteiger partial charge on any atom is 0.432 e. The molecule has 9 heteroatoms. The Kier molecular flexibility index (Phi) is 3.71. The zero-order valence-corrected chi connectivity index (χ0v) is 9.81. The second-order valence-corrected chi connectivity index (χ2v) is 4.12. The van der Waals surface area contributed by atoms with Gasteiger partial charge < -0.3 is 15.3 Å². The number of carboxylic acid groups (broad SMARTS) is 1. The van der Waals surface area contributed by atoms with Crippen molar-refractivity contribution in [1.29, 1.82) is 0 Å². The van der Waals surface area contributed by atoms with Crippen molar-refractivity contribution < 1.29 is 33.3 Å². The van der Waals surface area contributed by atoms with Crippen LogP contribution in [0.4, 0.5) is 13.2 Å². The molecule has 3 N–H and O–H groups in total. The number of aromatic hydroxyl groups is 1. The third-order valence-corrected chi connectivity index (χ3v) is 2.73. The largest absolute Gasteiger partial charge is 0.505 e. The van der Waals surface area contributed by atoms with Crippen molar-refractivity contribution >= 4 is 29.2 Å². The first-order chi connectivity index (χ1) is 8.01. The molecule has 1 aromatic rings. The summed E-state index contributed by atoms with van der Waals surface area (Å²) in [4.78, 5) is 10.7. The minimum absolute atomic E-state index is 0.477. The van der Waals surface area contributed by atoms with E-state index >= 15 is 0 Å². The SMILES string of the molecule is O=C(O)C(O)(c1cc(Cl)c(O)c(Cl)c1)C(F)(F)F. The van der Waals surface area contributed by atoms with Crippen molar-refractivity contribution in [2.75, 3.05) is 0 Å². The first-order valence-electron chi connectivity index (χ1n) is 4.22. The van der Waals surface area contributed by atoms with Gasteiger partial charge in [-0.25, -0.2) is 4.79 Å². The molecule has 4 nitrogen and oxygen atoms in total. The van der Waals surface area contributed by atoms with Crippen LogP contribution in [-0.2, 0) is 10.4 Å². The van der Waals surface area contributed by atoms with Crippen LogP contribution >= 0.6 is 23.2 Å². The highest BCUT2D eigenvalue weighted by atomic mass is 35.5. The smallest absolute Gasteiger partial charge is 0.432 e. The molecule has 0 bridgehead atoms. The maximum absolute atomic E-state index is 12.6. The van der Waals surface area contributed by atoms with Gasteiger partial charge in [-0.2, -0.15) is 13.2 Å². The van der Waals surface area contributed by atoms with Crippen molar-refractivity contribution in [3.05, 3.63) is 27.7 Å². The number of carboxylic acids is 1. The van der Waals surface area contributed by atoms with Gasteiger partial charge in [0.25, 0.3) is 5.60 Å². The molecule has 1 unspecified atom stereocenters. The van der Waals surface area contributed by atoms with Crippen LogP contribution in [0.5, 0.6) is 5.75 Å². The predicted molar refractivity (Wildman–Crippen MR) is 55.7 cm³/mol. The van der Waals surface area contributed by atoms with E-state index in [0.717, 1.165) is 0 Å². The third-order valence-electron chi connectivity index (χ3n) is 2.15. The number of halogens is 5. The number of phenolic OH excluding ortho intramolecular Hbond substituents is 1. The highest BCUT2D eigenvalue weighted by molar-refractivity contribution is 6.37. The fourth-order valence-electron chi connectivity index (χ4n) is 1.18. The van der Waals surface area contributed by atoms with Crippen LogP contribution in [0.3, 0.4) is 0 Å². The Morgan fingerprint density at radius 3 is 1.83 bits per heavy atom. The van der Waals surface area contributed by atoms with E-state index in [0.29, 0.717) is 12.1 Å². The Hall–Kier alpha value is -1.18. The lowest BCUT2D eigenvalue weighted by Crippen LogP contribution is -2.49. The van der Waals surface area contributed by atoms with Crippen molar-refractivity contribution in [3.8, 4) is 5.75 Å². The molecule has 18 heavy (non-hydrogen) atoms. The van der Waals surface area contributed by atoms with Gasteiger partial charge in [0.2, 0.25) is 0 Å². The van der Waals surface area contributed by atoms with E-state index < -0.39 is 39.1 Å². The molecule has 1 aromatic carbocycles. The van der Waals surface area contributed by atoms with Gasteiger partial charge >= 0.3 is 12.1 Å². The predicted octanol–water partition coefficient (Wildman–Crippen LogP) is 2.53. The molecule has 0 fully saturated rings. The van der Waals surface area contributed by atoms with Gasteiger partial charge in [0.15, 0.2) is 5.75 Å². The topological polar surface area (TPSA) is 77.8 Å². The molecule has 0 radical (unpaired) electrons. The quantitative estimate of drug-likeness (QED) is 0.784. The number of aliphatic carboxylic acids is 1. The van der Waals surface area contributed by atoms with Gasteiger partial charge in [0, 0.05) is 5.56 Å². The summed E-state index contributed by atoms with van der Waals surface area (Å²) >= 11 is 10.7. The lowest BCUT2D eigenvalue weighted by atomic mass is 9.93. The van der Waals surface area contributed by atoms with Crippen LogP contribution in [0.25, 0.3) is 0 Å². The zero-order valence-electron chi connectivity index (χ0n) is 8.29. The summed E-state index contributed by atoms with van der Waals surface area (Å²) in [6, 6.07) is 0.953. The summed E-state index contributed by atoms with van der Waals surface area (Å²) in [5.74, 6) is -3.25. The van der Waals surface area contributed by atoms with Gasteiger partial charge in [-0.1, -0.05) is 23.2 Å². The highest BCUT2D eigenvalue weighted by Crippen LogP contribution is 2.43. The number of carbonyl (C=O) groups is 1. The zero-order chi connectivity index (χ0) is 14.3. The lowest BCUT2D eigenvalue weighted by Gasteiger charge is -2.26.